The minimum absolute atomic E-state index is 0.0841. The number of nitrogens with one attached hydrogen (secondary N) is 3. The van der Waals surface area contributed by atoms with Crippen molar-refractivity contribution < 1.29 is 19.1 Å². The van der Waals surface area contributed by atoms with E-state index in [4.69, 9.17) is 9.47 Å². The molecule has 4 rings (SSSR count). The standard InChI is InChI=1S/C19H18N4O4/c1-11(17(24)23-19-21-12-6-2-3-7-13(12)22-19)20-18(25)16-10-26-14-8-4-5-9-15(14)27-16/h2-9,11,16H,10H2,1H3,(H,20,25)(H2,21,22,23,24). The van der Waals surface area contributed by atoms with Gasteiger partial charge in [0.25, 0.3) is 5.91 Å². The van der Waals surface area contributed by atoms with Crippen molar-refractivity contribution in [3.05, 3.63) is 48.5 Å². The van der Waals surface area contributed by atoms with Crippen LogP contribution in [0.15, 0.2) is 48.5 Å². The zero-order valence-corrected chi connectivity index (χ0v) is 14.6. The van der Waals surface area contributed by atoms with Crippen molar-refractivity contribution >= 4 is 28.8 Å². The van der Waals surface area contributed by atoms with Crippen molar-refractivity contribution in [2.45, 2.75) is 19.1 Å². The Bertz CT molecular complexity index is 967. The Balaban J connectivity index is 1.36. The first-order valence-corrected chi connectivity index (χ1v) is 8.54. The van der Waals surface area contributed by atoms with Gasteiger partial charge in [-0.05, 0) is 31.2 Å². The summed E-state index contributed by atoms with van der Waals surface area (Å²) in [6.07, 6.45) is -0.818. The molecule has 2 atom stereocenters. The summed E-state index contributed by atoms with van der Waals surface area (Å²) < 4.78 is 11.2. The van der Waals surface area contributed by atoms with E-state index in [9.17, 15) is 9.59 Å². The smallest absolute Gasteiger partial charge is 0.265 e. The van der Waals surface area contributed by atoms with E-state index in [1.165, 1.54) is 0 Å². The number of para-hydroxylation sites is 4. The molecule has 2 heterocycles. The molecule has 8 heteroatoms. The Morgan fingerprint density at radius 2 is 1.89 bits per heavy atom. The molecule has 3 N–H and O–H groups in total. The number of fused-ring (bicyclic) bond motifs is 2. The molecule has 1 aliphatic rings. The number of ether oxygens (including phenoxy) is 2. The van der Waals surface area contributed by atoms with Crippen molar-refractivity contribution in [1.82, 2.24) is 15.3 Å². The molecule has 0 fully saturated rings. The van der Waals surface area contributed by atoms with Crippen molar-refractivity contribution in [3.8, 4) is 11.5 Å². The summed E-state index contributed by atoms with van der Waals surface area (Å²) >= 11 is 0. The first-order valence-electron chi connectivity index (χ1n) is 8.54. The van der Waals surface area contributed by atoms with Gasteiger partial charge in [-0.1, -0.05) is 24.3 Å². The van der Waals surface area contributed by atoms with Crippen LogP contribution in [0.1, 0.15) is 6.92 Å². The SMILES string of the molecule is CC(NC(=O)C1COc2ccccc2O1)C(=O)Nc1nc2ccccc2[nH]1. The van der Waals surface area contributed by atoms with Gasteiger partial charge in [-0.15, -0.1) is 0 Å². The predicted octanol–water partition coefficient (Wildman–Crippen LogP) is 1.85. The lowest BCUT2D eigenvalue weighted by atomic mass is 10.2. The fraction of sp³-hybridized carbons (Fsp3) is 0.211. The number of hydrogen-bond acceptors (Lipinski definition) is 5. The van der Waals surface area contributed by atoms with Crippen molar-refractivity contribution in [2.24, 2.45) is 0 Å². The third kappa shape index (κ3) is 3.55. The molecule has 27 heavy (non-hydrogen) atoms. The summed E-state index contributed by atoms with van der Waals surface area (Å²) in [7, 11) is 0. The highest BCUT2D eigenvalue weighted by Gasteiger charge is 2.29. The fourth-order valence-electron chi connectivity index (χ4n) is 2.76. The summed E-state index contributed by atoms with van der Waals surface area (Å²) in [5, 5.41) is 5.30. The largest absolute Gasteiger partial charge is 0.485 e. The third-order valence-corrected chi connectivity index (χ3v) is 4.18. The maximum Gasteiger partial charge on any atom is 0.265 e. The molecule has 1 aromatic heterocycles. The number of rotatable bonds is 4. The quantitative estimate of drug-likeness (QED) is 0.653. The van der Waals surface area contributed by atoms with Gasteiger partial charge >= 0.3 is 0 Å². The molecule has 0 radical (unpaired) electrons. The van der Waals surface area contributed by atoms with E-state index < -0.39 is 18.1 Å². The van der Waals surface area contributed by atoms with Crippen LogP contribution in [-0.4, -0.2) is 40.5 Å². The molecule has 0 spiro atoms. The second kappa shape index (κ2) is 6.99. The van der Waals surface area contributed by atoms with Gasteiger partial charge in [0.15, 0.2) is 11.5 Å². The number of aromatic nitrogens is 2. The van der Waals surface area contributed by atoms with Crippen LogP contribution in [0.3, 0.4) is 0 Å². The minimum atomic E-state index is -0.818. The summed E-state index contributed by atoms with van der Waals surface area (Å²) in [5.41, 5.74) is 1.56. The lowest BCUT2D eigenvalue weighted by molar-refractivity contribution is -0.133. The number of imidazole rings is 1. The second-order valence-corrected chi connectivity index (χ2v) is 6.19. The van der Waals surface area contributed by atoms with E-state index in [-0.39, 0.29) is 12.5 Å². The van der Waals surface area contributed by atoms with E-state index in [1.54, 1.807) is 25.1 Å². The van der Waals surface area contributed by atoms with Crippen LogP contribution in [0.2, 0.25) is 0 Å². The molecule has 1 aliphatic heterocycles. The number of carbonyl (C=O) groups is 2. The van der Waals surface area contributed by atoms with Gasteiger partial charge in [-0.25, -0.2) is 4.98 Å². The lowest BCUT2D eigenvalue weighted by Crippen LogP contribution is -2.50. The second-order valence-electron chi connectivity index (χ2n) is 6.19. The summed E-state index contributed by atoms with van der Waals surface area (Å²) in [4.78, 5) is 32.0. The molecule has 0 saturated heterocycles. The summed E-state index contributed by atoms with van der Waals surface area (Å²) in [6.45, 7) is 1.67. The van der Waals surface area contributed by atoms with Gasteiger partial charge in [-0.2, -0.15) is 0 Å². The van der Waals surface area contributed by atoms with Crippen LogP contribution in [0.5, 0.6) is 11.5 Å². The maximum atomic E-state index is 12.4. The van der Waals surface area contributed by atoms with Crippen LogP contribution >= 0.6 is 0 Å². The van der Waals surface area contributed by atoms with E-state index in [2.05, 4.69) is 20.6 Å². The third-order valence-electron chi connectivity index (χ3n) is 4.18. The average Bonchev–Trinajstić information content (AvgIpc) is 3.09. The normalized spacial score (nSPS) is 16.6. The Kier molecular flexibility index (Phi) is 4.37. The molecule has 2 unspecified atom stereocenters. The molecule has 8 nitrogen and oxygen atoms in total. The van der Waals surface area contributed by atoms with Crippen LogP contribution < -0.4 is 20.1 Å². The Morgan fingerprint density at radius 3 is 2.70 bits per heavy atom. The van der Waals surface area contributed by atoms with E-state index in [0.717, 1.165) is 11.0 Å². The molecular weight excluding hydrogens is 348 g/mol. The molecule has 0 saturated carbocycles. The van der Waals surface area contributed by atoms with E-state index in [0.29, 0.717) is 17.4 Å². The molecule has 2 amide bonds. The molecule has 2 aromatic carbocycles. The zero-order chi connectivity index (χ0) is 18.8. The highest BCUT2D eigenvalue weighted by molar-refractivity contribution is 5.97. The van der Waals surface area contributed by atoms with Crippen molar-refractivity contribution in [1.29, 1.82) is 0 Å². The Labute approximate surface area is 154 Å². The molecule has 138 valence electrons. The topological polar surface area (TPSA) is 105 Å². The Hall–Kier alpha value is -3.55. The van der Waals surface area contributed by atoms with Gasteiger partial charge in [0, 0.05) is 0 Å². The number of carbonyl (C=O) groups excluding carboxylic acids is 2. The van der Waals surface area contributed by atoms with Gasteiger partial charge in [0.1, 0.15) is 12.6 Å². The molecule has 0 bridgehead atoms. The van der Waals surface area contributed by atoms with Crippen LogP contribution in [0.4, 0.5) is 5.95 Å². The first-order chi connectivity index (χ1) is 13.1. The molecule has 3 aromatic rings. The van der Waals surface area contributed by atoms with Gasteiger partial charge in [0.2, 0.25) is 18.0 Å². The van der Waals surface area contributed by atoms with Gasteiger partial charge < -0.3 is 19.8 Å². The van der Waals surface area contributed by atoms with Gasteiger partial charge in [0.05, 0.1) is 11.0 Å². The molecule has 0 aliphatic carbocycles. The predicted molar refractivity (Wildman–Crippen MR) is 98.7 cm³/mol. The molecular formula is C19H18N4O4. The lowest BCUT2D eigenvalue weighted by Gasteiger charge is -2.26. The van der Waals surface area contributed by atoms with Gasteiger partial charge in [-0.3, -0.25) is 14.9 Å². The average molecular weight is 366 g/mol. The number of anilines is 1. The van der Waals surface area contributed by atoms with Crippen LogP contribution in [0, 0.1) is 0 Å². The fourth-order valence-corrected chi connectivity index (χ4v) is 2.76. The number of benzene rings is 2. The highest BCUT2D eigenvalue weighted by atomic mass is 16.6. The van der Waals surface area contributed by atoms with Crippen LogP contribution in [-0.2, 0) is 9.59 Å². The van der Waals surface area contributed by atoms with E-state index in [1.807, 2.05) is 30.3 Å². The number of nitrogens with zero attached hydrogens (tertiary/aromatic N) is 1. The number of aromatic amines is 1. The number of amides is 2. The first kappa shape index (κ1) is 16.9. The van der Waals surface area contributed by atoms with E-state index >= 15 is 0 Å². The zero-order valence-electron chi connectivity index (χ0n) is 14.6. The van der Waals surface area contributed by atoms with Crippen molar-refractivity contribution in [2.75, 3.05) is 11.9 Å². The summed E-state index contributed by atoms with van der Waals surface area (Å²) in [5.74, 6) is 0.616. The Morgan fingerprint density at radius 1 is 1.15 bits per heavy atom. The van der Waals surface area contributed by atoms with Crippen LogP contribution in [0.25, 0.3) is 11.0 Å². The maximum absolute atomic E-state index is 12.4. The highest BCUT2D eigenvalue weighted by Crippen LogP contribution is 2.30. The minimum Gasteiger partial charge on any atom is -0.485 e. The number of hydrogen-bond donors (Lipinski definition) is 3. The summed E-state index contributed by atoms with van der Waals surface area (Å²) in [6, 6.07) is 13.8. The number of H-pyrrole nitrogens is 1. The monoisotopic (exact) mass is 366 g/mol. The van der Waals surface area contributed by atoms with Crippen molar-refractivity contribution in [3.63, 3.8) is 0 Å².